The topological polar surface area (TPSA) is 91.3 Å². The van der Waals surface area contributed by atoms with Crippen molar-refractivity contribution in [1.29, 1.82) is 0 Å². The molecule has 0 radical (unpaired) electrons. The molecule has 0 aromatic heterocycles. The monoisotopic (exact) mass is 470 g/mol. The van der Waals surface area contributed by atoms with Gasteiger partial charge < -0.3 is 24.1 Å². The highest BCUT2D eigenvalue weighted by molar-refractivity contribution is 5.97. The van der Waals surface area contributed by atoms with E-state index < -0.39 is 23.5 Å². The quantitative estimate of drug-likeness (QED) is 0.436. The van der Waals surface area contributed by atoms with Crippen LogP contribution in [0.4, 0.5) is 0 Å². The van der Waals surface area contributed by atoms with Crippen molar-refractivity contribution >= 4 is 11.9 Å². The van der Waals surface area contributed by atoms with Gasteiger partial charge in [0.25, 0.3) is 0 Å². The summed E-state index contributed by atoms with van der Waals surface area (Å²) in [6, 6.07) is 5.04. The third-order valence-electron chi connectivity index (χ3n) is 5.88. The normalized spacial score (nSPS) is 14.2. The number of esters is 2. The molecule has 2 aromatic carbocycles. The third kappa shape index (κ3) is 5.04. The van der Waals surface area contributed by atoms with Crippen molar-refractivity contribution in [2.45, 2.75) is 67.6 Å². The van der Waals surface area contributed by atoms with Crippen LogP contribution in [0.1, 0.15) is 79.8 Å². The molecule has 184 valence electrons. The molecule has 0 unspecified atom stereocenters. The van der Waals surface area contributed by atoms with E-state index in [4.69, 9.17) is 18.9 Å². The average molecular weight is 471 g/mol. The predicted octanol–water partition coefficient (Wildman–Crippen LogP) is 5.81. The largest absolute Gasteiger partial charge is 0.495 e. The van der Waals surface area contributed by atoms with E-state index in [0.29, 0.717) is 23.3 Å². The first-order chi connectivity index (χ1) is 15.8. The minimum atomic E-state index is -0.820. The minimum absolute atomic E-state index is 0.0664. The van der Waals surface area contributed by atoms with Gasteiger partial charge in [-0.15, -0.1) is 0 Å². The maximum atomic E-state index is 13.1. The van der Waals surface area contributed by atoms with Gasteiger partial charge in [-0.05, 0) is 76.3 Å². The first-order valence-corrected chi connectivity index (χ1v) is 11.4. The number of fused-ring (bicyclic) bond motifs is 2. The second kappa shape index (κ2) is 9.66. The molecule has 1 N–H and O–H groups in total. The van der Waals surface area contributed by atoms with E-state index in [9.17, 15) is 14.7 Å². The van der Waals surface area contributed by atoms with E-state index in [-0.39, 0.29) is 35.3 Å². The summed E-state index contributed by atoms with van der Waals surface area (Å²) >= 11 is 0. The summed E-state index contributed by atoms with van der Waals surface area (Å²) in [7, 11) is 1.44. The van der Waals surface area contributed by atoms with Gasteiger partial charge in [0.05, 0.1) is 18.6 Å². The Hall–Kier alpha value is -3.06. The Balaban J connectivity index is 2.18. The van der Waals surface area contributed by atoms with Crippen LogP contribution in [-0.2, 0) is 16.1 Å². The van der Waals surface area contributed by atoms with Crippen molar-refractivity contribution in [2.75, 3.05) is 7.11 Å². The van der Waals surface area contributed by atoms with Crippen LogP contribution in [0.3, 0.4) is 0 Å². The molecule has 0 saturated carbocycles. The van der Waals surface area contributed by atoms with E-state index in [2.05, 4.69) is 0 Å². The predicted molar refractivity (Wildman–Crippen MR) is 128 cm³/mol. The zero-order valence-corrected chi connectivity index (χ0v) is 21.2. The molecule has 0 fully saturated rings. The highest BCUT2D eigenvalue weighted by atomic mass is 16.6. The smallest absolute Gasteiger partial charge is 0.346 e. The van der Waals surface area contributed by atoms with Gasteiger partial charge in [-0.1, -0.05) is 13.8 Å². The molecule has 1 atom stereocenters. The fourth-order valence-corrected chi connectivity index (χ4v) is 3.78. The third-order valence-corrected chi connectivity index (χ3v) is 5.88. The fourth-order valence-electron chi connectivity index (χ4n) is 3.78. The lowest BCUT2D eigenvalue weighted by Gasteiger charge is -2.26. The van der Waals surface area contributed by atoms with Gasteiger partial charge in [-0.3, -0.25) is 4.79 Å². The summed E-state index contributed by atoms with van der Waals surface area (Å²) in [6.07, 6.45) is -0.321. The molecule has 1 aliphatic rings. The lowest BCUT2D eigenvalue weighted by atomic mass is 9.96. The molecule has 0 amide bonds. The summed E-state index contributed by atoms with van der Waals surface area (Å²) in [4.78, 5) is 25.8. The van der Waals surface area contributed by atoms with Crippen molar-refractivity contribution in [3.05, 3.63) is 46.0 Å². The zero-order chi connectivity index (χ0) is 25.4. The van der Waals surface area contributed by atoms with Gasteiger partial charge in [0.15, 0.2) is 11.5 Å². The van der Waals surface area contributed by atoms with Crippen LogP contribution in [0.2, 0.25) is 0 Å². The number of rotatable bonds is 5. The number of hydrogen-bond acceptors (Lipinski definition) is 7. The Kier molecular flexibility index (Phi) is 7.26. The van der Waals surface area contributed by atoms with Crippen LogP contribution >= 0.6 is 0 Å². The fraction of sp³-hybridized carbons (Fsp3) is 0.481. The van der Waals surface area contributed by atoms with Crippen molar-refractivity contribution in [1.82, 2.24) is 0 Å². The summed E-state index contributed by atoms with van der Waals surface area (Å²) in [5.41, 5.74) is 2.22. The van der Waals surface area contributed by atoms with Crippen molar-refractivity contribution < 1.29 is 33.6 Å². The van der Waals surface area contributed by atoms with Crippen LogP contribution in [0.25, 0.3) is 0 Å². The molecule has 3 rings (SSSR count). The first kappa shape index (κ1) is 25.6. The Morgan fingerprint density at radius 1 is 1.21 bits per heavy atom. The molecule has 34 heavy (non-hydrogen) atoms. The molecule has 7 heteroatoms. The standard InChI is InChI=1S/C27H34O7/c1-14(2)11-19(28)17-9-10-20-22(24(17)31-8)25(29)32-13-18-16(4)15(3)12-21(23(18)33-20)34-26(30)27(5,6)7/h9-10,12,14,19,28H,11,13H2,1-8H3/t19-/m0/s1. The Labute approximate surface area is 201 Å². The maximum Gasteiger partial charge on any atom is 0.346 e. The van der Waals surface area contributed by atoms with E-state index in [0.717, 1.165) is 11.1 Å². The number of hydrogen-bond donors (Lipinski definition) is 1. The van der Waals surface area contributed by atoms with Gasteiger partial charge in [-0.2, -0.15) is 0 Å². The number of methoxy groups -OCH3 is 1. The number of aliphatic hydroxyl groups excluding tert-OH is 1. The van der Waals surface area contributed by atoms with Crippen molar-refractivity contribution in [2.24, 2.45) is 11.3 Å². The molecule has 0 spiro atoms. The molecule has 7 nitrogen and oxygen atoms in total. The molecule has 1 aliphatic heterocycles. The van der Waals surface area contributed by atoms with Gasteiger partial charge >= 0.3 is 11.9 Å². The minimum Gasteiger partial charge on any atom is -0.495 e. The average Bonchev–Trinajstić information content (AvgIpc) is 2.73. The molecular weight excluding hydrogens is 436 g/mol. The zero-order valence-electron chi connectivity index (χ0n) is 21.2. The summed E-state index contributed by atoms with van der Waals surface area (Å²) in [6.45, 7) is 13.0. The number of aliphatic hydroxyl groups is 1. The van der Waals surface area contributed by atoms with Gasteiger partial charge in [0.2, 0.25) is 0 Å². The van der Waals surface area contributed by atoms with E-state index in [1.807, 2.05) is 27.7 Å². The van der Waals surface area contributed by atoms with Crippen LogP contribution in [-0.4, -0.2) is 24.2 Å². The van der Waals surface area contributed by atoms with Gasteiger partial charge in [-0.25, -0.2) is 4.79 Å². The van der Waals surface area contributed by atoms with E-state index >= 15 is 0 Å². The van der Waals surface area contributed by atoms with Crippen LogP contribution in [0.15, 0.2) is 18.2 Å². The molecule has 0 bridgehead atoms. The Morgan fingerprint density at radius 3 is 2.47 bits per heavy atom. The summed E-state index contributed by atoms with van der Waals surface area (Å²) < 4.78 is 23.2. The number of aryl methyl sites for hydroxylation is 1. The number of ether oxygens (including phenoxy) is 4. The van der Waals surface area contributed by atoms with E-state index in [1.165, 1.54) is 7.11 Å². The number of benzene rings is 2. The highest BCUT2D eigenvalue weighted by Gasteiger charge is 2.32. The number of cyclic esters (lactones) is 1. The molecule has 0 aliphatic carbocycles. The van der Waals surface area contributed by atoms with Crippen LogP contribution in [0.5, 0.6) is 23.0 Å². The highest BCUT2D eigenvalue weighted by Crippen LogP contribution is 2.46. The summed E-state index contributed by atoms with van der Waals surface area (Å²) in [5, 5.41) is 10.7. The second-order valence-corrected chi connectivity index (χ2v) is 10.1. The van der Waals surface area contributed by atoms with Gasteiger partial charge in [0, 0.05) is 11.1 Å². The Morgan fingerprint density at radius 2 is 1.88 bits per heavy atom. The first-order valence-electron chi connectivity index (χ1n) is 11.4. The number of carbonyl (C=O) groups excluding carboxylic acids is 2. The second-order valence-electron chi connectivity index (χ2n) is 10.1. The Bertz CT molecular complexity index is 1110. The van der Waals surface area contributed by atoms with Crippen LogP contribution < -0.4 is 14.2 Å². The molecular formula is C27H34O7. The van der Waals surface area contributed by atoms with E-state index in [1.54, 1.807) is 39.0 Å². The van der Waals surface area contributed by atoms with Crippen molar-refractivity contribution in [3.63, 3.8) is 0 Å². The molecule has 0 saturated heterocycles. The van der Waals surface area contributed by atoms with Gasteiger partial charge in [0.1, 0.15) is 23.7 Å². The van der Waals surface area contributed by atoms with Crippen molar-refractivity contribution in [3.8, 4) is 23.0 Å². The lowest BCUT2D eigenvalue weighted by molar-refractivity contribution is -0.143. The molecule has 1 heterocycles. The van der Waals surface area contributed by atoms with Crippen LogP contribution in [0, 0.1) is 25.2 Å². The summed E-state index contributed by atoms with van der Waals surface area (Å²) in [5.74, 6) is 0.173. The molecule has 2 aromatic rings. The SMILES string of the molecule is COc1c([C@@H](O)CC(C)C)ccc2c1C(=O)OCc1c(C)c(C)cc(OC(=O)C(C)(C)C)c1O2. The number of carbonyl (C=O) groups is 2. The lowest BCUT2D eigenvalue weighted by Crippen LogP contribution is -2.26. The maximum absolute atomic E-state index is 13.1.